The second-order valence-corrected chi connectivity index (χ2v) is 4.15. The number of hydrogen-bond acceptors (Lipinski definition) is 4. The van der Waals surface area contributed by atoms with Gasteiger partial charge in [0.05, 0.1) is 18.1 Å². The maximum Gasteiger partial charge on any atom is 0.0948 e. The minimum Gasteiger partial charge on any atom is -0.333 e. The number of hydrogen-bond donors (Lipinski definition) is 2. The van der Waals surface area contributed by atoms with E-state index in [1.54, 1.807) is 0 Å². The first-order valence-corrected chi connectivity index (χ1v) is 5.77. The lowest BCUT2D eigenvalue weighted by atomic mass is 10.2. The van der Waals surface area contributed by atoms with Gasteiger partial charge in [-0.25, -0.2) is 4.98 Å². The van der Waals surface area contributed by atoms with E-state index in [0.717, 1.165) is 19.6 Å². The molecule has 16 heavy (non-hydrogen) atoms. The van der Waals surface area contributed by atoms with Crippen molar-refractivity contribution in [3.8, 4) is 0 Å². The standard InChI is InChI=1S/C11H23N5/c1-4-16-9-13-8-11(16)10(7-12)14-5-6-15(2)3/h8-10,14H,4-7,12H2,1-3H3. The molecule has 5 heteroatoms. The normalized spacial score (nSPS) is 13.3. The van der Waals surface area contributed by atoms with Crippen LogP contribution in [0.4, 0.5) is 0 Å². The Morgan fingerprint density at radius 1 is 1.56 bits per heavy atom. The summed E-state index contributed by atoms with van der Waals surface area (Å²) in [5, 5.41) is 3.45. The summed E-state index contributed by atoms with van der Waals surface area (Å²) in [6, 6.07) is 0.197. The Hall–Kier alpha value is -0.910. The van der Waals surface area contributed by atoms with E-state index in [-0.39, 0.29) is 6.04 Å². The summed E-state index contributed by atoms with van der Waals surface area (Å²) in [5.41, 5.74) is 6.96. The third kappa shape index (κ3) is 3.59. The minimum atomic E-state index is 0.197. The Bertz CT molecular complexity index is 294. The SMILES string of the molecule is CCn1cncc1C(CN)NCCN(C)C. The summed E-state index contributed by atoms with van der Waals surface area (Å²) >= 11 is 0. The molecule has 0 saturated heterocycles. The third-order valence-electron chi connectivity index (χ3n) is 2.63. The summed E-state index contributed by atoms with van der Waals surface area (Å²) in [6.45, 7) is 5.58. The van der Waals surface area contributed by atoms with Crippen LogP contribution in [-0.4, -0.2) is 48.2 Å². The molecule has 0 bridgehead atoms. The summed E-state index contributed by atoms with van der Waals surface area (Å²) < 4.78 is 2.13. The van der Waals surface area contributed by atoms with Crippen LogP contribution in [0.25, 0.3) is 0 Å². The van der Waals surface area contributed by atoms with Crippen LogP contribution in [0.2, 0.25) is 0 Å². The molecule has 0 aliphatic carbocycles. The smallest absolute Gasteiger partial charge is 0.0948 e. The fraction of sp³-hybridized carbons (Fsp3) is 0.727. The summed E-state index contributed by atoms with van der Waals surface area (Å²) in [7, 11) is 4.13. The van der Waals surface area contributed by atoms with Crippen molar-refractivity contribution in [2.24, 2.45) is 5.73 Å². The van der Waals surface area contributed by atoms with Gasteiger partial charge in [0, 0.05) is 32.4 Å². The Morgan fingerprint density at radius 2 is 2.31 bits per heavy atom. The summed E-state index contributed by atoms with van der Waals surface area (Å²) in [5.74, 6) is 0. The molecule has 0 aliphatic rings. The van der Waals surface area contributed by atoms with Crippen LogP contribution in [0.3, 0.4) is 0 Å². The number of likely N-dealkylation sites (N-methyl/N-ethyl adjacent to an activating group) is 1. The molecule has 1 rings (SSSR count). The highest BCUT2D eigenvalue weighted by Crippen LogP contribution is 2.10. The fourth-order valence-electron chi connectivity index (χ4n) is 1.66. The van der Waals surface area contributed by atoms with Crippen LogP contribution in [0.1, 0.15) is 18.7 Å². The number of aryl methyl sites for hydroxylation is 1. The van der Waals surface area contributed by atoms with E-state index >= 15 is 0 Å². The molecule has 92 valence electrons. The predicted octanol–water partition coefficient (Wildman–Crippen LogP) is 0.0540. The molecule has 0 fully saturated rings. The Morgan fingerprint density at radius 3 is 2.88 bits per heavy atom. The van der Waals surface area contributed by atoms with E-state index in [1.807, 2.05) is 12.5 Å². The van der Waals surface area contributed by atoms with Crippen LogP contribution < -0.4 is 11.1 Å². The Labute approximate surface area is 97.6 Å². The first-order chi connectivity index (χ1) is 7.69. The van der Waals surface area contributed by atoms with Crippen LogP contribution in [0.15, 0.2) is 12.5 Å². The Balaban J connectivity index is 2.53. The number of nitrogens with zero attached hydrogens (tertiary/aromatic N) is 3. The van der Waals surface area contributed by atoms with Gasteiger partial charge in [-0.15, -0.1) is 0 Å². The molecule has 0 aliphatic heterocycles. The first-order valence-electron chi connectivity index (χ1n) is 5.77. The van der Waals surface area contributed by atoms with E-state index in [9.17, 15) is 0 Å². The van der Waals surface area contributed by atoms with Crippen molar-refractivity contribution in [1.82, 2.24) is 19.8 Å². The lowest BCUT2D eigenvalue weighted by Crippen LogP contribution is -2.34. The lowest BCUT2D eigenvalue weighted by molar-refractivity contribution is 0.381. The summed E-state index contributed by atoms with van der Waals surface area (Å²) in [6.07, 6.45) is 3.75. The van der Waals surface area contributed by atoms with Crippen LogP contribution >= 0.6 is 0 Å². The molecule has 0 saturated carbocycles. The monoisotopic (exact) mass is 225 g/mol. The van der Waals surface area contributed by atoms with Gasteiger partial charge in [-0.1, -0.05) is 0 Å². The van der Waals surface area contributed by atoms with Crippen LogP contribution in [-0.2, 0) is 6.54 Å². The molecule has 1 aromatic heterocycles. The molecule has 1 heterocycles. The second kappa shape index (κ2) is 6.62. The van der Waals surface area contributed by atoms with Gasteiger partial charge >= 0.3 is 0 Å². The molecule has 0 aromatic carbocycles. The van der Waals surface area contributed by atoms with E-state index < -0.39 is 0 Å². The molecule has 0 spiro atoms. The van der Waals surface area contributed by atoms with Gasteiger partial charge in [-0.3, -0.25) is 0 Å². The van der Waals surface area contributed by atoms with Gasteiger partial charge in [-0.05, 0) is 21.0 Å². The molecule has 1 unspecified atom stereocenters. The van der Waals surface area contributed by atoms with Crippen molar-refractivity contribution >= 4 is 0 Å². The van der Waals surface area contributed by atoms with Gasteiger partial charge < -0.3 is 20.5 Å². The highest BCUT2D eigenvalue weighted by molar-refractivity contribution is 5.05. The maximum atomic E-state index is 5.79. The van der Waals surface area contributed by atoms with E-state index in [0.29, 0.717) is 6.54 Å². The highest BCUT2D eigenvalue weighted by atomic mass is 15.1. The summed E-state index contributed by atoms with van der Waals surface area (Å²) in [4.78, 5) is 6.31. The number of nitrogens with one attached hydrogen (secondary N) is 1. The molecule has 3 N–H and O–H groups in total. The number of imidazole rings is 1. The van der Waals surface area contributed by atoms with Gasteiger partial charge in [0.1, 0.15) is 0 Å². The first kappa shape index (κ1) is 13.2. The second-order valence-electron chi connectivity index (χ2n) is 4.15. The van der Waals surface area contributed by atoms with Crippen molar-refractivity contribution < 1.29 is 0 Å². The van der Waals surface area contributed by atoms with Gasteiger partial charge in [0.2, 0.25) is 0 Å². The fourth-order valence-corrected chi connectivity index (χ4v) is 1.66. The zero-order valence-electron chi connectivity index (χ0n) is 10.5. The molecular weight excluding hydrogens is 202 g/mol. The third-order valence-corrected chi connectivity index (χ3v) is 2.63. The number of aromatic nitrogens is 2. The van der Waals surface area contributed by atoms with Crippen molar-refractivity contribution in [1.29, 1.82) is 0 Å². The molecule has 0 radical (unpaired) electrons. The molecule has 1 aromatic rings. The van der Waals surface area contributed by atoms with Crippen molar-refractivity contribution in [3.05, 3.63) is 18.2 Å². The topological polar surface area (TPSA) is 59.1 Å². The minimum absolute atomic E-state index is 0.197. The predicted molar refractivity (Wildman–Crippen MR) is 66.3 cm³/mol. The quantitative estimate of drug-likeness (QED) is 0.688. The van der Waals surface area contributed by atoms with E-state index in [2.05, 4.69) is 40.8 Å². The number of rotatable bonds is 7. The van der Waals surface area contributed by atoms with Crippen molar-refractivity contribution in [2.75, 3.05) is 33.7 Å². The average Bonchev–Trinajstić information content (AvgIpc) is 2.72. The molecule has 1 atom stereocenters. The highest BCUT2D eigenvalue weighted by Gasteiger charge is 2.12. The van der Waals surface area contributed by atoms with Gasteiger partial charge in [-0.2, -0.15) is 0 Å². The number of nitrogens with two attached hydrogens (primary N) is 1. The average molecular weight is 225 g/mol. The van der Waals surface area contributed by atoms with Crippen LogP contribution in [0.5, 0.6) is 0 Å². The zero-order valence-corrected chi connectivity index (χ0v) is 10.5. The molecule has 0 amide bonds. The molecule has 5 nitrogen and oxygen atoms in total. The largest absolute Gasteiger partial charge is 0.333 e. The Kier molecular flexibility index (Phi) is 5.45. The van der Waals surface area contributed by atoms with Gasteiger partial charge in [0.15, 0.2) is 0 Å². The molecular formula is C11H23N5. The van der Waals surface area contributed by atoms with Crippen molar-refractivity contribution in [2.45, 2.75) is 19.5 Å². The van der Waals surface area contributed by atoms with Crippen LogP contribution in [0, 0.1) is 0 Å². The van der Waals surface area contributed by atoms with E-state index in [1.165, 1.54) is 5.69 Å². The maximum absolute atomic E-state index is 5.79. The zero-order chi connectivity index (χ0) is 12.0. The van der Waals surface area contributed by atoms with E-state index in [4.69, 9.17) is 5.73 Å². The van der Waals surface area contributed by atoms with Crippen molar-refractivity contribution in [3.63, 3.8) is 0 Å². The lowest BCUT2D eigenvalue weighted by Gasteiger charge is -2.19. The van der Waals surface area contributed by atoms with Gasteiger partial charge in [0.25, 0.3) is 0 Å².